The predicted octanol–water partition coefficient (Wildman–Crippen LogP) is 7.68. The zero-order valence-electron chi connectivity index (χ0n) is 16.1. The third kappa shape index (κ3) is 2.62. The van der Waals surface area contributed by atoms with E-state index in [1.165, 1.54) is 43.4 Å². The first-order valence-corrected chi connectivity index (χ1v) is 10.2. The van der Waals surface area contributed by atoms with Gasteiger partial charge in [-0.15, -0.1) is 0 Å². The molecule has 138 valence electrons. The fourth-order valence-corrected chi connectivity index (χ4v) is 4.62. The van der Waals surface area contributed by atoms with Crippen LogP contribution in [-0.2, 0) is 12.8 Å². The second-order valence-electron chi connectivity index (χ2n) is 7.70. The van der Waals surface area contributed by atoms with E-state index in [9.17, 15) is 0 Å². The minimum atomic E-state index is 0.938. The number of hydrogen-bond donors (Lipinski definition) is 0. The van der Waals surface area contributed by atoms with Crippen LogP contribution in [0.1, 0.15) is 11.1 Å². The van der Waals surface area contributed by atoms with Gasteiger partial charge in [0, 0.05) is 10.8 Å². The van der Waals surface area contributed by atoms with Gasteiger partial charge in [0.25, 0.3) is 0 Å². The van der Waals surface area contributed by atoms with E-state index in [2.05, 4.69) is 97.1 Å². The Bertz CT molecular complexity index is 1480. The van der Waals surface area contributed by atoms with Crippen molar-refractivity contribution in [1.29, 1.82) is 0 Å². The summed E-state index contributed by atoms with van der Waals surface area (Å²) < 4.78 is 6.46. The first-order valence-electron chi connectivity index (χ1n) is 10.2. The van der Waals surface area contributed by atoms with Crippen molar-refractivity contribution in [2.45, 2.75) is 12.8 Å². The molecule has 0 amide bonds. The molecule has 0 aliphatic carbocycles. The number of hydrogen-bond acceptors (Lipinski definition) is 1. The number of benzene rings is 5. The van der Waals surface area contributed by atoms with E-state index in [1.807, 2.05) is 0 Å². The fraction of sp³-hybridized carbons (Fsp3) is 0.0714. The van der Waals surface area contributed by atoms with E-state index in [4.69, 9.17) is 4.42 Å². The standard InChI is InChI=1S/C28H20O/c1-2-7-19(8-3-1)15-16-20-17-18-26-28-22(20)11-6-13-24(28)23-12-4-9-21-10-5-14-25(29-26)27(21)23/h1-14,17-18H,15-16H2. The van der Waals surface area contributed by atoms with E-state index in [0.717, 1.165) is 24.0 Å². The van der Waals surface area contributed by atoms with Crippen LogP contribution in [0, 0.1) is 0 Å². The van der Waals surface area contributed by atoms with Crippen molar-refractivity contribution < 1.29 is 4.42 Å². The van der Waals surface area contributed by atoms with Gasteiger partial charge in [-0.1, -0.05) is 84.9 Å². The van der Waals surface area contributed by atoms with Gasteiger partial charge >= 0.3 is 0 Å². The van der Waals surface area contributed by atoms with Gasteiger partial charge in [0.15, 0.2) is 0 Å². The third-order valence-corrected chi connectivity index (χ3v) is 6.00. The molecule has 0 atom stereocenters. The summed E-state index contributed by atoms with van der Waals surface area (Å²) in [6.07, 6.45) is 2.05. The molecule has 0 aliphatic heterocycles. The zero-order valence-corrected chi connectivity index (χ0v) is 16.1. The smallest absolute Gasteiger partial charge is 0.135 e. The molecule has 0 spiro atoms. The van der Waals surface area contributed by atoms with Crippen molar-refractivity contribution in [2.24, 2.45) is 0 Å². The average Bonchev–Trinajstić information content (AvgIpc) is 2.92. The Morgan fingerprint density at radius 1 is 0.483 bits per heavy atom. The van der Waals surface area contributed by atoms with Crippen LogP contribution in [0.3, 0.4) is 0 Å². The van der Waals surface area contributed by atoms with Gasteiger partial charge in [0.1, 0.15) is 11.2 Å². The van der Waals surface area contributed by atoms with Crippen LogP contribution in [0.5, 0.6) is 0 Å². The summed E-state index contributed by atoms with van der Waals surface area (Å²) in [5, 5.41) is 7.44. The maximum atomic E-state index is 6.46. The Morgan fingerprint density at radius 2 is 1.17 bits per heavy atom. The second-order valence-corrected chi connectivity index (χ2v) is 7.70. The van der Waals surface area contributed by atoms with E-state index >= 15 is 0 Å². The van der Waals surface area contributed by atoms with Crippen LogP contribution < -0.4 is 0 Å². The Labute approximate surface area is 169 Å². The Hall–Kier alpha value is -3.58. The molecular weight excluding hydrogens is 352 g/mol. The summed E-state index contributed by atoms with van der Waals surface area (Å²) in [5.41, 5.74) is 4.63. The van der Waals surface area contributed by atoms with Crippen molar-refractivity contribution in [3.8, 4) is 0 Å². The highest BCUT2D eigenvalue weighted by atomic mass is 16.3. The molecule has 1 heterocycles. The van der Waals surface area contributed by atoms with Gasteiger partial charge in [-0.3, -0.25) is 0 Å². The normalized spacial score (nSPS) is 11.7. The molecule has 0 unspecified atom stereocenters. The molecule has 0 fully saturated rings. The third-order valence-electron chi connectivity index (χ3n) is 6.00. The van der Waals surface area contributed by atoms with Crippen molar-refractivity contribution >= 4 is 43.5 Å². The molecule has 1 nitrogen and oxygen atoms in total. The van der Waals surface area contributed by atoms with Crippen LogP contribution in [-0.4, -0.2) is 0 Å². The number of aryl methyl sites for hydroxylation is 2. The molecule has 29 heavy (non-hydrogen) atoms. The molecule has 0 aliphatic rings. The maximum absolute atomic E-state index is 6.46. The molecule has 1 aromatic heterocycles. The first-order chi connectivity index (χ1) is 14.4. The topological polar surface area (TPSA) is 13.1 Å². The summed E-state index contributed by atoms with van der Waals surface area (Å²) in [4.78, 5) is 0. The van der Waals surface area contributed by atoms with Crippen LogP contribution in [0.25, 0.3) is 43.5 Å². The molecule has 0 N–H and O–H groups in total. The summed E-state index contributed by atoms with van der Waals surface area (Å²) in [7, 11) is 0. The van der Waals surface area contributed by atoms with E-state index < -0.39 is 0 Å². The highest BCUT2D eigenvalue weighted by Gasteiger charge is 2.12. The Balaban J connectivity index is 1.65. The lowest BCUT2D eigenvalue weighted by molar-refractivity contribution is 0.664. The van der Waals surface area contributed by atoms with Crippen LogP contribution in [0.2, 0.25) is 0 Å². The van der Waals surface area contributed by atoms with Crippen molar-refractivity contribution in [3.05, 3.63) is 108 Å². The zero-order chi connectivity index (χ0) is 19.2. The largest absolute Gasteiger partial charge is 0.456 e. The summed E-state index contributed by atoms with van der Waals surface area (Å²) >= 11 is 0. The lowest BCUT2D eigenvalue weighted by atomic mass is 9.95. The van der Waals surface area contributed by atoms with Crippen LogP contribution in [0.15, 0.2) is 101 Å². The van der Waals surface area contributed by atoms with Crippen molar-refractivity contribution in [3.63, 3.8) is 0 Å². The molecule has 5 aromatic carbocycles. The highest BCUT2D eigenvalue weighted by Crippen LogP contribution is 2.37. The van der Waals surface area contributed by atoms with Crippen molar-refractivity contribution in [2.75, 3.05) is 0 Å². The Morgan fingerprint density at radius 3 is 2.03 bits per heavy atom. The molecule has 1 heteroatoms. The van der Waals surface area contributed by atoms with Crippen LogP contribution in [0.4, 0.5) is 0 Å². The molecular formula is C28H20O. The lowest BCUT2D eigenvalue weighted by Crippen LogP contribution is -1.93. The van der Waals surface area contributed by atoms with E-state index in [-0.39, 0.29) is 0 Å². The molecule has 0 radical (unpaired) electrons. The first kappa shape index (κ1) is 16.4. The summed E-state index contributed by atoms with van der Waals surface area (Å²) in [5.74, 6) is 0. The molecule has 6 rings (SSSR count). The predicted molar refractivity (Wildman–Crippen MR) is 123 cm³/mol. The quantitative estimate of drug-likeness (QED) is 0.310. The van der Waals surface area contributed by atoms with Crippen LogP contribution >= 0.6 is 0 Å². The maximum Gasteiger partial charge on any atom is 0.135 e. The highest BCUT2D eigenvalue weighted by molar-refractivity contribution is 6.23. The van der Waals surface area contributed by atoms with Gasteiger partial charge in [0.05, 0.1) is 0 Å². The minimum Gasteiger partial charge on any atom is -0.456 e. The number of fused-ring (bicyclic) bond motifs is 1. The lowest BCUT2D eigenvalue weighted by Gasteiger charge is -2.09. The van der Waals surface area contributed by atoms with E-state index in [1.54, 1.807) is 0 Å². The van der Waals surface area contributed by atoms with Crippen molar-refractivity contribution in [1.82, 2.24) is 0 Å². The Kier molecular flexibility index (Phi) is 3.67. The van der Waals surface area contributed by atoms with Gasteiger partial charge in [0.2, 0.25) is 0 Å². The van der Waals surface area contributed by atoms with Gasteiger partial charge in [-0.05, 0) is 57.6 Å². The SMILES string of the molecule is c1ccc(CCc2ccc3oc4cccc5cccc(c6cccc2c36)c54)cc1. The monoisotopic (exact) mass is 372 g/mol. The van der Waals surface area contributed by atoms with Gasteiger partial charge < -0.3 is 4.42 Å². The second kappa shape index (κ2) is 6.49. The fourth-order valence-electron chi connectivity index (χ4n) is 4.62. The number of rotatable bonds is 3. The van der Waals surface area contributed by atoms with Gasteiger partial charge in [-0.25, -0.2) is 0 Å². The average molecular weight is 372 g/mol. The van der Waals surface area contributed by atoms with Gasteiger partial charge in [-0.2, -0.15) is 0 Å². The minimum absolute atomic E-state index is 0.938. The van der Waals surface area contributed by atoms with E-state index in [0.29, 0.717) is 0 Å². The molecule has 0 saturated carbocycles. The molecule has 0 bridgehead atoms. The summed E-state index contributed by atoms with van der Waals surface area (Å²) in [6, 6.07) is 34.6. The molecule has 0 saturated heterocycles. The molecule has 6 aromatic rings. The summed E-state index contributed by atoms with van der Waals surface area (Å²) in [6.45, 7) is 0.